The highest BCUT2D eigenvalue weighted by atomic mass is 32.2. The molecule has 0 saturated carbocycles. The number of ether oxygens (including phenoxy) is 2. The van der Waals surface area contributed by atoms with Gasteiger partial charge in [-0.1, -0.05) is 13.0 Å². The smallest absolute Gasteiger partial charge is 0.264 e. The molecule has 6 heteroatoms. The molecule has 1 rings (SSSR count). The van der Waals surface area contributed by atoms with E-state index in [1.807, 2.05) is 13.8 Å². The van der Waals surface area contributed by atoms with Gasteiger partial charge in [0.25, 0.3) is 10.1 Å². The first-order valence-corrected chi connectivity index (χ1v) is 7.87. The summed E-state index contributed by atoms with van der Waals surface area (Å²) < 4.78 is 38.1. The maximum atomic E-state index is 11.1. The lowest BCUT2D eigenvalue weighted by Crippen LogP contribution is -2.43. The van der Waals surface area contributed by atoms with Gasteiger partial charge in [-0.3, -0.25) is 4.18 Å². The molecule has 0 spiro atoms. The average molecular weight is 278 g/mol. The maximum absolute atomic E-state index is 11.1. The molecule has 0 aromatic carbocycles. The minimum atomic E-state index is -3.43. The molecule has 18 heavy (non-hydrogen) atoms. The molecule has 0 aromatic rings. The third-order valence-electron chi connectivity index (χ3n) is 2.93. The van der Waals surface area contributed by atoms with E-state index in [-0.39, 0.29) is 30.8 Å². The molecular weight excluding hydrogens is 256 g/mol. The molecule has 106 valence electrons. The summed E-state index contributed by atoms with van der Waals surface area (Å²) in [5.41, 5.74) is 0. The number of allylic oxidation sites excluding steroid dienone is 1. The van der Waals surface area contributed by atoms with Gasteiger partial charge in [-0.25, -0.2) is 0 Å². The van der Waals surface area contributed by atoms with Crippen LogP contribution in [0.3, 0.4) is 0 Å². The topological polar surface area (TPSA) is 61.8 Å². The first kappa shape index (κ1) is 15.6. The summed E-state index contributed by atoms with van der Waals surface area (Å²) in [4.78, 5) is 0. The van der Waals surface area contributed by atoms with Gasteiger partial charge in [-0.15, -0.1) is 6.58 Å². The van der Waals surface area contributed by atoms with Crippen LogP contribution in [-0.2, 0) is 23.8 Å². The zero-order chi connectivity index (χ0) is 13.8. The highest BCUT2D eigenvalue weighted by Gasteiger charge is 2.33. The van der Waals surface area contributed by atoms with Crippen LogP contribution in [0.1, 0.15) is 20.3 Å². The maximum Gasteiger partial charge on any atom is 0.264 e. The van der Waals surface area contributed by atoms with Gasteiger partial charge in [0, 0.05) is 11.8 Å². The van der Waals surface area contributed by atoms with Crippen LogP contribution in [0.2, 0.25) is 0 Å². The van der Waals surface area contributed by atoms with Crippen molar-refractivity contribution in [2.75, 3.05) is 19.5 Å². The van der Waals surface area contributed by atoms with Crippen LogP contribution in [0.4, 0.5) is 0 Å². The lowest BCUT2D eigenvalue weighted by atomic mass is 9.90. The third-order valence-corrected chi connectivity index (χ3v) is 3.50. The predicted octanol–water partition coefficient (Wildman–Crippen LogP) is 1.55. The Balaban J connectivity index is 2.66. The van der Waals surface area contributed by atoms with E-state index in [4.69, 9.17) is 13.7 Å². The number of hydrogen-bond donors (Lipinski definition) is 0. The van der Waals surface area contributed by atoms with E-state index in [9.17, 15) is 8.42 Å². The Bertz CT molecular complexity index is 365. The van der Waals surface area contributed by atoms with Gasteiger partial charge in [0.1, 0.15) is 0 Å². The highest BCUT2D eigenvalue weighted by molar-refractivity contribution is 7.85. The van der Waals surface area contributed by atoms with Gasteiger partial charge >= 0.3 is 0 Å². The molecule has 1 heterocycles. The molecule has 0 amide bonds. The zero-order valence-corrected chi connectivity index (χ0v) is 12.0. The molecule has 0 bridgehead atoms. The van der Waals surface area contributed by atoms with Crippen molar-refractivity contribution in [2.45, 2.75) is 32.7 Å². The molecule has 0 N–H and O–H groups in total. The third kappa shape index (κ3) is 5.06. The Hall–Kier alpha value is -0.430. The zero-order valence-electron chi connectivity index (χ0n) is 11.2. The van der Waals surface area contributed by atoms with Gasteiger partial charge in [0.2, 0.25) is 0 Å². The summed E-state index contributed by atoms with van der Waals surface area (Å²) >= 11 is 0. The van der Waals surface area contributed by atoms with Gasteiger partial charge in [-0.05, 0) is 13.3 Å². The number of hydrogen-bond acceptors (Lipinski definition) is 5. The summed E-state index contributed by atoms with van der Waals surface area (Å²) in [6.07, 6.45) is 3.11. The van der Waals surface area contributed by atoms with E-state index in [1.165, 1.54) is 0 Å². The molecule has 1 fully saturated rings. The summed E-state index contributed by atoms with van der Waals surface area (Å²) in [5.74, 6) is 0.174. The Labute approximate surface area is 109 Å². The fourth-order valence-electron chi connectivity index (χ4n) is 2.07. The van der Waals surface area contributed by atoms with Crippen molar-refractivity contribution in [3.63, 3.8) is 0 Å². The van der Waals surface area contributed by atoms with E-state index >= 15 is 0 Å². The highest BCUT2D eigenvalue weighted by Crippen LogP contribution is 2.27. The summed E-state index contributed by atoms with van der Waals surface area (Å²) in [6, 6.07) is 0. The van der Waals surface area contributed by atoms with Crippen molar-refractivity contribution in [1.82, 2.24) is 0 Å². The first-order chi connectivity index (χ1) is 8.33. The summed E-state index contributed by atoms with van der Waals surface area (Å²) in [6.45, 7) is 8.27. The molecule has 4 atom stereocenters. The van der Waals surface area contributed by atoms with Crippen molar-refractivity contribution >= 4 is 10.1 Å². The van der Waals surface area contributed by atoms with Crippen LogP contribution in [0.5, 0.6) is 0 Å². The van der Waals surface area contributed by atoms with Crippen molar-refractivity contribution in [3.8, 4) is 0 Å². The van der Waals surface area contributed by atoms with E-state index in [0.717, 1.165) is 6.26 Å². The largest absolute Gasteiger partial charge is 0.353 e. The Morgan fingerprint density at radius 2 is 2.17 bits per heavy atom. The lowest BCUT2D eigenvalue weighted by Gasteiger charge is -2.37. The molecule has 5 nitrogen and oxygen atoms in total. The predicted molar refractivity (Wildman–Crippen MR) is 68.6 cm³/mol. The molecule has 0 aromatic heterocycles. The summed E-state index contributed by atoms with van der Waals surface area (Å²) in [5, 5.41) is 0. The van der Waals surface area contributed by atoms with Gasteiger partial charge in [0.05, 0.1) is 25.6 Å². The van der Waals surface area contributed by atoms with Gasteiger partial charge in [0.15, 0.2) is 6.29 Å². The minimum absolute atomic E-state index is 0.0291. The van der Waals surface area contributed by atoms with Crippen LogP contribution in [-0.4, -0.2) is 40.3 Å². The fraction of sp³-hybridized carbons (Fsp3) is 0.833. The lowest BCUT2D eigenvalue weighted by molar-refractivity contribution is -0.238. The minimum Gasteiger partial charge on any atom is -0.353 e. The Morgan fingerprint density at radius 3 is 2.72 bits per heavy atom. The summed E-state index contributed by atoms with van der Waals surface area (Å²) in [7, 11) is -3.43. The second kappa shape index (κ2) is 6.65. The molecular formula is C12H22O5S. The standard InChI is InChI=1S/C12H22O5S/c1-5-6-11(8-16-18(4,13)14)12-9(2)7-15-10(3)17-12/h5,9-12H,1,6-8H2,2-4H3/t9-,10?,11+,12+/m0/s1. The number of rotatable bonds is 6. The van der Waals surface area contributed by atoms with E-state index in [2.05, 4.69) is 6.58 Å². The second-order valence-electron chi connectivity index (χ2n) is 4.75. The Morgan fingerprint density at radius 1 is 1.50 bits per heavy atom. The van der Waals surface area contributed by atoms with Crippen molar-refractivity contribution in [1.29, 1.82) is 0 Å². The monoisotopic (exact) mass is 278 g/mol. The SMILES string of the molecule is C=CC[C@H](COS(C)(=O)=O)[C@@H]1OC(C)OC[C@@H]1C. The molecule has 1 saturated heterocycles. The molecule has 0 aliphatic carbocycles. The van der Waals surface area contributed by atoms with E-state index in [1.54, 1.807) is 6.08 Å². The van der Waals surface area contributed by atoms with Crippen LogP contribution < -0.4 is 0 Å². The molecule has 1 unspecified atom stereocenters. The molecule has 0 radical (unpaired) electrons. The first-order valence-electron chi connectivity index (χ1n) is 6.06. The second-order valence-corrected chi connectivity index (χ2v) is 6.40. The quantitative estimate of drug-likeness (QED) is 0.545. The molecule has 1 aliphatic heterocycles. The molecule has 1 aliphatic rings. The average Bonchev–Trinajstić information content (AvgIpc) is 2.26. The van der Waals surface area contributed by atoms with Crippen molar-refractivity contribution in [3.05, 3.63) is 12.7 Å². The fourth-order valence-corrected chi connectivity index (χ4v) is 2.50. The van der Waals surface area contributed by atoms with Crippen LogP contribution >= 0.6 is 0 Å². The normalized spacial score (nSPS) is 30.9. The Kier molecular flexibility index (Phi) is 5.78. The van der Waals surface area contributed by atoms with E-state index < -0.39 is 10.1 Å². The van der Waals surface area contributed by atoms with Gasteiger partial charge in [-0.2, -0.15) is 8.42 Å². The van der Waals surface area contributed by atoms with Gasteiger partial charge < -0.3 is 9.47 Å². The van der Waals surface area contributed by atoms with Crippen LogP contribution in [0.25, 0.3) is 0 Å². The van der Waals surface area contributed by atoms with E-state index in [0.29, 0.717) is 13.0 Å². The van der Waals surface area contributed by atoms with Crippen molar-refractivity contribution in [2.24, 2.45) is 11.8 Å². The van der Waals surface area contributed by atoms with Crippen LogP contribution in [0, 0.1) is 11.8 Å². The van der Waals surface area contributed by atoms with Crippen LogP contribution in [0.15, 0.2) is 12.7 Å². The van der Waals surface area contributed by atoms with Crippen molar-refractivity contribution < 1.29 is 22.1 Å².